The lowest BCUT2D eigenvalue weighted by molar-refractivity contribution is -0.104. The normalized spacial score (nSPS) is 25.2. The van der Waals surface area contributed by atoms with Gasteiger partial charge in [0, 0.05) is 0 Å². The Hall–Kier alpha value is -1.41. The van der Waals surface area contributed by atoms with Crippen LogP contribution in [-0.2, 0) is 9.53 Å². The zero-order valence-electron chi connectivity index (χ0n) is 8.01. The average molecular weight is 188 g/mol. The molecule has 0 unspecified atom stereocenters. The summed E-state index contributed by atoms with van der Waals surface area (Å²) < 4.78 is 5.41. The highest BCUT2D eigenvalue weighted by atomic mass is 16.6. The van der Waals surface area contributed by atoms with E-state index in [1.165, 1.54) is 17.2 Å². The first-order valence-corrected chi connectivity index (χ1v) is 4.65. The molecule has 1 aromatic carbocycles. The fraction of sp³-hybridized carbons (Fsp3) is 0.250. The summed E-state index contributed by atoms with van der Waals surface area (Å²) in [7, 11) is 0. The van der Waals surface area contributed by atoms with Gasteiger partial charge in [0.15, 0.2) is 0 Å². The van der Waals surface area contributed by atoms with Crippen molar-refractivity contribution in [3.05, 3.63) is 47.5 Å². The third-order valence-electron chi connectivity index (χ3n) is 2.28. The van der Waals surface area contributed by atoms with Gasteiger partial charge in [0.05, 0.1) is 0 Å². The molecule has 0 bridgehead atoms. The van der Waals surface area contributed by atoms with Gasteiger partial charge in [-0.3, -0.25) is 4.79 Å². The molecule has 0 aliphatic carbocycles. The second-order valence-electron chi connectivity index (χ2n) is 3.46. The summed E-state index contributed by atoms with van der Waals surface area (Å²) in [5, 5.41) is 0. The van der Waals surface area contributed by atoms with Crippen molar-refractivity contribution in [3.63, 3.8) is 0 Å². The summed E-state index contributed by atoms with van der Waals surface area (Å²) >= 11 is 0. The van der Waals surface area contributed by atoms with Gasteiger partial charge in [-0.2, -0.15) is 0 Å². The third-order valence-corrected chi connectivity index (χ3v) is 2.28. The van der Waals surface area contributed by atoms with E-state index >= 15 is 0 Å². The average Bonchev–Trinajstić information content (AvgIpc) is 2.94. The quantitative estimate of drug-likeness (QED) is 0.413. The molecule has 0 aromatic heterocycles. The molecule has 1 aliphatic rings. The number of rotatable bonds is 3. The van der Waals surface area contributed by atoms with Crippen LogP contribution in [-0.4, -0.2) is 12.4 Å². The van der Waals surface area contributed by atoms with E-state index in [0.717, 1.165) is 6.29 Å². The summed E-state index contributed by atoms with van der Waals surface area (Å²) in [6.07, 6.45) is 4.28. The van der Waals surface area contributed by atoms with E-state index in [9.17, 15) is 4.79 Å². The van der Waals surface area contributed by atoms with Crippen LogP contribution in [0, 0.1) is 6.92 Å². The number of carbonyl (C=O) groups is 1. The van der Waals surface area contributed by atoms with Crippen LogP contribution in [0.1, 0.15) is 17.2 Å². The van der Waals surface area contributed by atoms with Crippen LogP contribution in [0.25, 0.3) is 0 Å². The molecule has 0 amide bonds. The summed E-state index contributed by atoms with van der Waals surface area (Å²) in [6.45, 7) is 2.06. The highest BCUT2D eigenvalue weighted by Gasteiger charge is 2.37. The molecule has 14 heavy (non-hydrogen) atoms. The fourth-order valence-corrected chi connectivity index (χ4v) is 1.54. The van der Waals surface area contributed by atoms with Crippen molar-refractivity contribution in [2.45, 2.75) is 19.1 Å². The van der Waals surface area contributed by atoms with Crippen molar-refractivity contribution in [3.8, 4) is 0 Å². The monoisotopic (exact) mass is 188 g/mol. The number of epoxide rings is 1. The summed E-state index contributed by atoms with van der Waals surface area (Å²) in [5.74, 6) is 0. The van der Waals surface area contributed by atoms with Crippen molar-refractivity contribution < 1.29 is 9.53 Å². The molecular formula is C12H12O2. The summed E-state index contributed by atoms with van der Waals surface area (Å²) in [5.41, 5.74) is 2.42. The zero-order chi connectivity index (χ0) is 9.97. The van der Waals surface area contributed by atoms with Crippen LogP contribution in [0.2, 0.25) is 0 Å². The van der Waals surface area contributed by atoms with E-state index < -0.39 is 0 Å². The van der Waals surface area contributed by atoms with Crippen LogP contribution in [0.15, 0.2) is 36.4 Å². The van der Waals surface area contributed by atoms with E-state index in [1.807, 2.05) is 12.1 Å². The number of aldehydes is 1. The van der Waals surface area contributed by atoms with Gasteiger partial charge >= 0.3 is 0 Å². The Morgan fingerprint density at radius 1 is 1.43 bits per heavy atom. The first kappa shape index (κ1) is 9.16. The van der Waals surface area contributed by atoms with Gasteiger partial charge in [0.2, 0.25) is 0 Å². The Kier molecular flexibility index (Phi) is 2.46. The first-order chi connectivity index (χ1) is 6.81. The topological polar surface area (TPSA) is 29.6 Å². The number of ether oxygens (including phenoxy) is 1. The molecule has 2 atom stereocenters. The van der Waals surface area contributed by atoms with Crippen LogP contribution in [0.3, 0.4) is 0 Å². The fourth-order valence-electron chi connectivity index (χ4n) is 1.54. The van der Waals surface area contributed by atoms with Crippen molar-refractivity contribution in [2.24, 2.45) is 0 Å². The maximum atomic E-state index is 10.1. The minimum absolute atomic E-state index is 0.0852. The highest BCUT2D eigenvalue weighted by molar-refractivity contribution is 5.65. The van der Waals surface area contributed by atoms with Gasteiger partial charge in [-0.05, 0) is 24.6 Å². The molecule has 0 N–H and O–H groups in total. The molecule has 1 fully saturated rings. The summed E-state index contributed by atoms with van der Waals surface area (Å²) in [4.78, 5) is 10.1. The summed E-state index contributed by atoms with van der Waals surface area (Å²) in [6, 6.07) is 8.24. The Balaban J connectivity index is 2.05. The molecule has 0 spiro atoms. The lowest BCUT2D eigenvalue weighted by atomic mass is 10.1. The van der Waals surface area contributed by atoms with E-state index in [4.69, 9.17) is 4.74 Å². The lowest BCUT2D eigenvalue weighted by Crippen LogP contribution is -1.85. The number of aryl methyl sites for hydroxylation is 1. The predicted molar refractivity (Wildman–Crippen MR) is 54.0 cm³/mol. The maximum Gasteiger partial charge on any atom is 0.142 e. The van der Waals surface area contributed by atoms with Crippen molar-refractivity contribution in [1.82, 2.24) is 0 Å². The van der Waals surface area contributed by atoms with Gasteiger partial charge in [-0.1, -0.05) is 29.8 Å². The molecule has 2 heteroatoms. The largest absolute Gasteiger partial charge is 0.360 e. The Bertz CT molecular complexity index is 368. The van der Waals surface area contributed by atoms with Crippen molar-refractivity contribution in [2.75, 3.05) is 0 Å². The van der Waals surface area contributed by atoms with E-state index in [2.05, 4.69) is 19.1 Å². The minimum Gasteiger partial charge on any atom is -0.360 e. The lowest BCUT2D eigenvalue weighted by Gasteiger charge is -1.96. The molecule has 1 aromatic rings. The number of carbonyl (C=O) groups excluding carboxylic acids is 1. The van der Waals surface area contributed by atoms with Gasteiger partial charge in [-0.25, -0.2) is 0 Å². The molecule has 2 nitrogen and oxygen atoms in total. The Labute approximate surface area is 83.2 Å². The van der Waals surface area contributed by atoms with Gasteiger partial charge < -0.3 is 4.74 Å². The standard InChI is InChI=1S/C12H12O2/c1-9-4-2-5-10(8-9)12-11(14-12)6-3-7-13/h2-8,11-12H,1H3/t11-,12-/m0/s1. The third kappa shape index (κ3) is 1.91. The van der Waals surface area contributed by atoms with Crippen LogP contribution in [0.4, 0.5) is 0 Å². The molecule has 0 radical (unpaired) electrons. The predicted octanol–water partition coefficient (Wildman–Crippen LogP) is 2.19. The minimum atomic E-state index is 0.0852. The Morgan fingerprint density at radius 2 is 2.29 bits per heavy atom. The number of hydrogen-bond acceptors (Lipinski definition) is 2. The second kappa shape index (κ2) is 3.76. The van der Waals surface area contributed by atoms with Gasteiger partial charge in [-0.15, -0.1) is 0 Å². The van der Waals surface area contributed by atoms with Crippen LogP contribution < -0.4 is 0 Å². The molecular weight excluding hydrogens is 176 g/mol. The highest BCUT2D eigenvalue weighted by Crippen LogP contribution is 2.39. The second-order valence-corrected chi connectivity index (χ2v) is 3.46. The molecule has 72 valence electrons. The smallest absolute Gasteiger partial charge is 0.142 e. The molecule has 1 aliphatic heterocycles. The first-order valence-electron chi connectivity index (χ1n) is 4.65. The number of hydrogen-bond donors (Lipinski definition) is 0. The van der Waals surface area contributed by atoms with E-state index in [-0.39, 0.29) is 12.2 Å². The van der Waals surface area contributed by atoms with Gasteiger partial charge in [0.25, 0.3) is 0 Å². The van der Waals surface area contributed by atoms with E-state index in [0.29, 0.717) is 0 Å². The molecule has 1 heterocycles. The maximum absolute atomic E-state index is 10.1. The molecule has 2 rings (SSSR count). The zero-order valence-corrected chi connectivity index (χ0v) is 8.01. The van der Waals surface area contributed by atoms with Crippen molar-refractivity contribution in [1.29, 1.82) is 0 Å². The van der Waals surface area contributed by atoms with Gasteiger partial charge in [0.1, 0.15) is 18.5 Å². The van der Waals surface area contributed by atoms with Crippen molar-refractivity contribution >= 4 is 6.29 Å². The Morgan fingerprint density at radius 3 is 3.00 bits per heavy atom. The van der Waals surface area contributed by atoms with Crippen LogP contribution in [0.5, 0.6) is 0 Å². The SMILES string of the molecule is Cc1cccc([C@@H]2O[C@H]2C=CC=O)c1. The number of allylic oxidation sites excluding steroid dienone is 1. The molecule has 0 saturated carbocycles. The number of benzene rings is 1. The van der Waals surface area contributed by atoms with E-state index in [1.54, 1.807) is 6.08 Å². The van der Waals surface area contributed by atoms with Crippen LogP contribution >= 0.6 is 0 Å². The molecule has 1 saturated heterocycles.